The number of methoxy groups -OCH3 is 1. The van der Waals surface area contributed by atoms with Crippen LogP contribution in [0.3, 0.4) is 0 Å². The van der Waals surface area contributed by atoms with Gasteiger partial charge in [0.15, 0.2) is 5.15 Å². The molecule has 1 unspecified atom stereocenters. The molecule has 0 saturated heterocycles. The van der Waals surface area contributed by atoms with E-state index in [2.05, 4.69) is 20.4 Å². The molecule has 3 rings (SSSR count). The van der Waals surface area contributed by atoms with E-state index in [1.807, 2.05) is 13.8 Å². The van der Waals surface area contributed by atoms with Crippen LogP contribution in [0.1, 0.15) is 26.0 Å². The van der Waals surface area contributed by atoms with Crippen molar-refractivity contribution in [1.82, 2.24) is 24.1 Å². The molecule has 0 aliphatic heterocycles. The molecular formula is C17H21ClN6O3. The molecule has 0 aliphatic carbocycles. The van der Waals surface area contributed by atoms with Crippen LogP contribution >= 0.6 is 11.6 Å². The van der Waals surface area contributed by atoms with Crippen LogP contribution in [0.2, 0.25) is 5.15 Å². The number of esters is 1. The highest BCUT2D eigenvalue weighted by Crippen LogP contribution is 2.32. The predicted octanol–water partition coefficient (Wildman–Crippen LogP) is 2.64. The number of hydrogen-bond acceptors (Lipinski definition) is 7. The summed E-state index contributed by atoms with van der Waals surface area (Å²) < 4.78 is 14.0. The van der Waals surface area contributed by atoms with Gasteiger partial charge in [-0.05, 0) is 13.8 Å². The normalized spacial score (nSPS) is 12.2. The number of ether oxygens (including phenoxy) is 2. The summed E-state index contributed by atoms with van der Waals surface area (Å²) in [6.45, 7) is 5.71. The maximum absolute atomic E-state index is 11.4. The molecule has 0 aliphatic rings. The lowest BCUT2D eigenvalue weighted by molar-refractivity contribution is -0.143. The zero-order chi connectivity index (χ0) is 19.6. The van der Waals surface area contributed by atoms with Crippen LogP contribution in [0.15, 0.2) is 18.5 Å². The fourth-order valence-electron chi connectivity index (χ4n) is 2.61. The lowest BCUT2D eigenvalue weighted by Gasteiger charge is -2.20. The van der Waals surface area contributed by atoms with Crippen molar-refractivity contribution in [3.63, 3.8) is 0 Å². The summed E-state index contributed by atoms with van der Waals surface area (Å²) in [5, 5.41) is 8.01. The monoisotopic (exact) mass is 392 g/mol. The van der Waals surface area contributed by atoms with Gasteiger partial charge in [0.05, 0.1) is 18.8 Å². The van der Waals surface area contributed by atoms with Gasteiger partial charge in [0.1, 0.15) is 18.1 Å². The minimum atomic E-state index is -0.256. The van der Waals surface area contributed by atoms with E-state index in [0.717, 1.165) is 5.69 Å². The Hall–Kier alpha value is -2.81. The van der Waals surface area contributed by atoms with Crippen LogP contribution in [-0.2, 0) is 9.53 Å². The molecule has 1 atom stereocenters. The zero-order valence-corrected chi connectivity index (χ0v) is 16.3. The zero-order valence-electron chi connectivity index (χ0n) is 15.6. The van der Waals surface area contributed by atoms with Gasteiger partial charge in [0, 0.05) is 24.9 Å². The van der Waals surface area contributed by atoms with Crippen molar-refractivity contribution in [3.8, 4) is 11.6 Å². The third kappa shape index (κ3) is 3.82. The van der Waals surface area contributed by atoms with E-state index in [1.54, 1.807) is 41.6 Å². The van der Waals surface area contributed by atoms with E-state index in [0.29, 0.717) is 29.6 Å². The van der Waals surface area contributed by atoms with E-state index in [9.17, 15) is 4.79 Å². The fourth-order valence-corrected chi connectivity index (χ4v) is 2.85. The summed E-state index contributed by atoms with van der Waals surface area (Å²) in [6, 6.07) is 1.61. The Morgan fingerprint density at radius 3 is 2.93 bits per heavy atom. The van der Waals surface area contributed by atoms with Gasteiger partial charge in [0.25, 0.3) is 0 Å². The summed E-state index contributed by atoms with van der Waals surface area (Å²) >= 11 is 6.47. The number of imidazole rings is 1. The van der Waals surface area contributed by atoms with Gasteiger partial charge < -0.3 is 14.8 Å². The largest absolute Gasteiger partial charge is 0.481 e. The van der Waals surface area contributed by atoms with Crippen LogP contribution in [0, 0.1) is 6.92 Å². The molecule has 1 N–H and O–H groups in total. The molecule has 0 amide bonds. The number of hydrogen-bond donors (Lipinski definition) is 1. The molecule has 3 aromatic rings. The highest BCUT2D eigenvalue weighted by Gasteiger charge is 2.22. The van der Waals surface area contributed by atoms with Crippen LogP contribution in [0.25, 0.3) is 11.5 Å². The third-order valence-corrected chi connectivity index (χ3v) is 4.13. The molecule has 27 heavy (non-hydrogen) atoms. The minimum absolute atomic E-state index is 0.189. The lowest BCUT2D eigenvalue weighted by Crippen LogP contribution is -2.26. The Morgan fingerprint density at radius 2 is 2.22 bits per heavy atom. The molecule has 0 bridgehead atoms. The van der Waals surface area contributed by atoms with Gasteiger partial charge in [-0.1, -0.05) is 18.5 Å². The summed E-state index contributed by atoms with van der Waals surface area (Å²) in [6.07, 6.45) is 3.72. The smallest absolute Gasteiger partial charge is 0.305 e. The maximum Gasteiger partial charge on any atom is 0.305 e. The highest BCUT2D eigenvalue weighted by molar-refractivity contribution is 6.31. The number of halogens is 1. The number of aryl methyl sites for hydroxylation is 1. The molecule has 0 spiro atoms. The van der Waals surface area contributed by atoms with E-state index in [1.165, 1.54) is 0 Å². The number of carbonyl (C=O) groups is 1. The van der Waals surface area contributed by atoms with Crippen molar-refractivity contribution in [2.24, 2.45) is 0 Å². The van der Waals surface area contributed by atoms with Crippen LogP contribution in [0.4, 0.5) is 5.82 Å². The topological polar surface area (TPSA) is 95.6 Å². The SMILES string of the molecule is CCC(=O)OCC(C)Nc1c(-n2nc(C)cc2OC)c(Cl)nc2nccn12. The van der Waals surface area contributed by atoms with E-state index in [-0.39, 0.29) is 23.8 Å². The quantitative estimate of drug-likeness (QED) is 0.487. The molecule has 3 heterocycles. The molecule has 0 saturated carbocycles. The van der Waals surface area contributed by atoms with Gasteiger partial charge in [-0.15, -0.1) is 0 Å². The van der Waals surface area contributed by atoms with Crippen molar-refractivity contribution < 1.29 is 14.3 Å². The molecule has 0 radical (unpaired) electrons. The minimum Gasteiger partial charge on any atom is -0.481 e. The fraction of sp³-hybridized carbons (Fsp3) is 0.412. The lowest BCUT2D eigenvalue weighted by atomic mass is 10.3. The molecule has 0 aromatic carbocycles. The molecule has 3 aromatic heterocycles. The average molecular weight is 393 g/mol. The van der Waals surface area contributed by atoms with E-state index >= 15 is 0 Å². The Bertz CT molecular complexity index is 967. The van der Waals surface area contributed by atoms with Crippen molar-refractivity contribution in [1.29, 1.82) is 0 Å². The second kappa shape index (κ2) is 7.83. The molecule has 9 nitrogen and oxygen atoms in total. The van der Waals surface area contributed by atoms with E-state index < -0.39 is 0 Å². The average Bonchev–Trinajstić information content (AvgIpc) is 3.25. The summed E-state index contributed by atoms with van der Waals surface area (Å²) in [5.41, 5.74) is 1.28. The number of fused-ring (bicyclic) bond motifs is 1. The summed E-state index contributed by atoms with van der Waals surface area (Å²) in [4.78, 5) is 20.0. The van der Waals surface area contributed by atoms with Gasteiger partial charge in [-0.3, -0.25) is 9.20 Å². The molecular weight excluding hydrogens is 372 g/mol. The first kappa shape index (κ1) is 19.0. The van der Waals surface area contributed by atoms with Gasteiger partial charge >= 0.3 is 5.97 Å². The second-order valence-corrected chi connectivity index (χ2v) is 6.38. The Kier molecular flexibility index (Phi) is 5.50. The first-order valence-electron chi connectivity index (χ1n) is 8.50. The molecule has 10 heteroatoms. The standard InChI is InChI=1S/C17H21ClN6O3/c1-5-13(25)27-9-11(3)20-16-14(24-12(26-4)8-10(2)22-24)15(18)21-17-19-6-7-23(16)17/h6-8,11,20H,5,9H2,1-4H3. The Labute approximate surface area is 161 Å². The van der Waals surface area contributed by atoms with Crippen molar-refractivity contribution >= 4 is 29.2 Å². The third-order valence-electron chi connectivity index (χ3n) is 3.87. The van der Waals surface area contributed by atoms with E-state index in [4.69, 9.17) is 21.1 Å². The first-order valence-corrected chi connectivity index (χ1v) is 8.88. The van der Waals surface area contributed by atoms with Crippen LogP contribution < -0.4 is 10.1 Å². The number of aromatic nitrogens is 5. The second-order valence-electron chi connectivity index (χ2n) is 6.02. The van der Waals surface area contributed by atoms with Crippen LogP contribution in [0.5, 0.6) is 5.88 Å². The molecule has 144 valence electrons. The number of nitrogens with one attached hydrogen (secondary N) is 1. The number of rotatable bonds is 7. The number of nitrogens with zero attached hydrogens (tertiary/aromatic N) is 5. The number of anilines is 1. The Balaban J connectivity index is 2.06. The van der Waals surface area contributed by atoms with Gasteiger partial charge in [0.2, 0.25) is 11.7 Å². The first-order chi connectivity index (χ1) is 12.9. The predicted molar refractivity (Wildman–Crippen MR) is 101 cm³/mol. The summed E-state index contributed by atoms with van der Waals surface area (Å²) in [5.74, 6) is 1.31. The molecule has 0 fully saturated rings. The number of carbonyl (C=O) groups excluding carboxylic acids is 1. The van der Waals surface area contributed by atoms with Gasteiger partial charge in [-0.25, -0.2) is 4.98 Å². The maximum atomic E-state index is 11.4. The summed E-state index contributed by atoms with van der Waals surface area (Å²) in [7, 11) is 1.56. The Morgan fingerprint density at radius 1 is 1.44 bits per heavy atom. The van der Waals surface area contributed by atoms with Crippen molar-refractivity contribution in [3.05, 3.63) is 29.3 Å². The highest BCUT2D eigenvalue weighted by atomic mass is 35.5. The van der Waals surface area contributed by atoms with Crippen LogP contribution in [-0.4, -0.2) is 49.9 Å². The van der Waals surface area contributed by atoms with Crippen molar-refractivity contribution in [2.45, 2.75) is 33.2 Å². The van der Waals surface area contributed by atoms with Crippen molar-refractivity contribution in [2.75, 3.05) is 19.0 Å². The van der Waals surface area contributed by atoms with Gasteiger partial charge in [-0.2, -0.15) is 14.8 Å².